The van der Waals surface area contributed by atoms with Crippen LogP contribution in [0.3, 0.4) is 0 Å². The third-order valence-corrected chi connectivity index (χ3v) is 4.93. The van der Waals surface area contributed by atoms with Crippen LogP contribution in [-0.2, 0) is 16.0 Å². The summed E-state index contributed by atoms with van der Waals surface area (Å²) < 4.78 is 22.7. The largest absolute Gasteiger partial charge is 0.490 e. The molecule has 1 atom stereocenters. The number of nitrogens with one attached hydrogen (secondary N) is 2. The molecule has 1 fully saturated rings. The molecule has 1 saturated heterocycles. The van der Waals surface area contributed by atoms with Crippen LogP contribution in [0.1, 0.15) is 31.7 Å². The number of hydrogen-bond donors (Lipinski definition) is 2. The number of pyridine rings is 1. The number of aliphatic imine (C=N–C) groups is 1. The number of ether oxygens (including phenoxy) is 4. The summed E-state index contributed by atoms with van der Waals surface area (Å²) in [6.45, 7) is 6.19. The lowest BCUT2D eigenvalue weighted by Crippen LogP contribution is -2.37. The number of para-hydroxylation sites is 2. The number of hydrogen-bond acceptors (Lipinski definition) is 6. The van der Waals surface area contributed by atoms with Gasteiger partial charge in [-0.05, 0) is 43.9 Å². The Kier molecular flexibility index (Phi) is 10.1. The standard InChI is InChI=1S/C24H34N4O4/c1-3-30-21-9-4-5-10-22(21)32-23-12-11-19(16-27-23)17-28-24(25-2)26-13-7-14-29-18-20-8-6-15-31-20/h4-5,9-12,16,20H,3,6-8,13-15,17-18H2,1-2H3,(H2,25,26,28). The molecule has 174 valence electrons. The summed E-state index contributed by atoms with van der Waals surface area (Å²) in [7, 11) is 1.76. The minimum atomic E-state index is 0.280. The minimum Gasteiger partial charge on any atom is -0.490 e. The fraction of sp³-hybridized carbons (Fsp3) is 0.500. The van der Waals surface area contributed by atoms with Gasteiger partial charge in [0.1, 0.15) is 0 Å². The van der Waals surface area contributed by atoms with E-state index in [4.69, 9.17) is 18.9 Å². The van der Waals surface area contributed by atoms with Crippen molar-refractivity contribution in [1.82, 2.24) is 15.6 Å². The van der Waals surface area contributed by atoms with Crippen molar-refractivity contribution in [3.8, 4) is 17.4 Å². The zero-order chi connectivity index (χ0) is 22.4. The molecule has 1 aliphatic heterocycles. The molecule has 8 nitrogen and oxygen atoms in total. The molecular weight excluding hydrogens is 408 g/mol. The van der Waals surface area contributed by atoms with E-state index >= 15 is 0 Å². The highest BCUT2D eigenvalue weighted by atomic mass is 16.5. The van der Waals surface area contributed by atoms with Gasteiger partial charge in [-0.3, -0.25) is 4.99 Å². The van der Waals surface area contributed by atoms with E-state index in [1.165, 1.54) is 0 Å². The van der Waals surface area contributed by atoms with Gasteiger partial charge >= 0.3 is 0 Å². The molecule has 32 heavy (non-hydrogen) atoms. The molecule has 0 spiro atoms. The molecule has 1 unspecified atom stereocenters. The lowest BCUT2D eigenvalue weighted by molar-refractivity contribution is 0.0168. The maximum atomic E-state index is 5.87. The summed E-state index contributed by atoms with van der Waals surface area (Å²) in [5, 5.41) is 6.59. The molecule has 1 aromatic carbocycles. The second-order valence-electron chi connectivity index (χ2n) is 7.40. The molecule has 1 aliphatic rings. The van der Waals surface area contributed by atoms with E-state index in [0.717, 1.165) is 43.9 Å². The second kappa shape index (κ2) is 13.5. The number of guanidine groups is 1. The molecule has 0 radical (unpaired) electrons. The molecule has 0 bridgehead atoms. The van der Waals surface area contributed by atoms with Crippen LogP contribution in [0, 0.1) is 0 Å². The Morgan fingerprint density at radius 2 is 2.06 bits per heavy atom. The van der Waals surface area contributed by atoms with Crippen molar-refractivity contribution >= 4 is 5.96 Å². The Bertz CT molecular complexity index is 823. The normalized spacial score (nSPS) is 16.1. The molecule has 0 saturated carbocycles. The Balaban J connectivity index is 1.35. The van der Waals surface area contributed by atoms with Crippen LogP contribution >= 0.6 is 0 Å². The van der Waals surface area contributed by atoms with Crippen LogP contribution < -0.4 is 20.1 Å². The van der Waals surface area contributed by atoms with Crippen LogP contribution in [0.4, 0.5) is 0 Å². The maximum Gasteiger partial charge on any atom is 0.219 e. The third kappa shape index (κ3) is 8.01. The van der Waals surface area contributed by atoms with E-state index in [1.807, 2.05) is 43.3 Å². The molecule has 0 amide bonds. The SMILES string of the molecule is CCOc1ccccc1Oc1ccc(CNC(=NC)NCCCOCC2CCCO2)cn1. The summed E-state index contributed by atoms with van der Waals surface area (Å²) in [5.74, 6) is 2.62. The average Bonchev–Trinajstić information content (AvgIpc) is 3.34. The van der Waals surface area contributed by atoms with Gasteiger partial charge in [-0.1, -0.05) is 18.2 Å². The van der Waals surface area contributed by atoms with Gasteiger partial charge in [0, 0.05) is 45.6 Å². The topological polar surface area (TPSA) is 86.2 Å². The Labute approximate surface area is 190 Å². The third-order valence-electron chi connectivity index (χ3n) is 4.93. The van der Waals surface area contributed by atoms with E-state index < -0.39 is 0 Å². The Hall–Kier alpha value is -2.84. The van der Waals surface area contributed by atoms with Crippen LogP contribution in [0.2, 0.25) is 0 Å². The van der Waals surface area contributed by atoms with Gasteiger partial charge in [-0.15, -0.1) is 0 Å². The van der Waals surface area contributed by atoms with Crippen molar-refractivity contribution in [2.45, 2.75) is 38.8 Å². The van der Waals surface area contributed by atoms with E-state index in [9.17, 15) is 0 Å². The van der Waals surface area contributed by atoms with Crippen molar-refractivity contribution < 1.29 is 18.9 Å². The van der Waals surface area contributed by atoms with Crippen LogP contribution in [-0.4, -0.2) is 57.1 Å². The predicted molar refractivity (Wildman–Crippen MR) is 125 cm³/mol. The molecular formula is C24H34N4O4. The predicted octanol–water partition coefficient (Wildman–Crippen LogP) is 3.52. The lowest BCUT2D eigenvalue weighted by atomic mass is 10.2. The number of rotatable bonds is 12. The number of aromatic nitrogens is 1. The lowest BCUT2D eigenvalue weighted by Gasteiger charge is -2.13. The summed E-state index contributed by atoms with van der Waals surface area (Å²) in [4.78, 5) is 8.66. The first kappa shape index (κ1) is 23.8. The summed E-state index contributed by atoms with van der Waals surface area (Å²) in [5.41, 5.74) is 1.03. The summed E-state index contributed by atoms with van der Waals surface area (Å²) >= 11 is 0. The van der Waals surface area contributed by atoms with E-state index in [0.29, 0.717) is 43.7 Å². The first-order chi connectivity index (χ1) is 15.8. The number of nitrogens with zero attached hydrogens (tertiary/aromatic N) is 2. The van der Waals surface area contributed by atoms with Crippen molar-refractivity contribution in [1.29, 1.82) is 0 Å². The van der Waals surface area contributed by atoms with Crippen LogP contribution in [0.25, 0.3) is 0 Å². The van der Waals surface area contributed by atoms with E-state index in [2.05, 4.69) is 20.6 Å². The minimum absolute atomic E-state index is 0.280. The van der Waals surface area contributed by atoms with E-state index in [-0.39, 0.29) is 6.10 Å². The molecule has 2 heterocycles. The highest BCUT2D eigenvalue weighted by Crippen LogP contribution is 2.30. The summed E-state index contributed by atoms with van der Waals surface area (Å²) in [6.07, 6.45) is 5.23. The highest BCUT2D eigenvalue weighted by molar-refractivity contribution is 5.79. The molecule has 8 heteroatoms. The average molecular weight is 443 g/mol. The van der Waals surface area contributed by atoms with Gasteiger partial charge < -0.3 is 29.6 Å². The smallest absolute Gasteiger partial charge is 0.219 e. The van der Waals surface area contributed by atoms with Gasteiger partial charge in [0.25, 0.3) is 0 Å². The zero-order valence-electron chi connectivity index (χ0n) is 19.0. The van der Waals surface area contributed by atoms with Gasteiger partial charge in [-0.2, -0.15) is 0 Å². The quantitative estimate of drug-likeness (QED) is 0.295. The summed E-state index contributed by atoms with van der Waals surface area (Å²) in [6, 6.07) is 11.4. The second-order valence-corrected chi connectivity index (χ2v) is 7.40. The van der Waals surface area contributed by atoms with Crippen molar-refractivity contribution in [2.75, 3.05) is 40.0 Å². The fourth-order valence-electron chi connectivity index (χ4n) is 3.28. The van der Waals surface area contributed by atoms with E-state index in [1.54, 1.807) is 13.2 Å². The van der Waals surface area contributed by atoms with Crippen molar-refractivity contribution in [2.24, 2.45) is 4.99 Å². The van der Waals surface area contributed by atoms with Gasteiger partial charge in [0.15, 0.2) is 17.5 Å². The first-order valence-corrected chi connectivity index (χ1v) is 11.3. The number of benzene rings is 1. The zero-order valence-corrected chi connectivity index (χ0v) is 19.0. The van der Waals surface area contributed by atoms with Crippen molar-refractivity contribution in [3.05, 3.63) is 48.2 Å². The molecule has 0 aliphatic carbocycles. The monoisotopic (exact) mass is 442 g/mol. The maximum absolute atomic E-state index is 5.87. The molecule has 1 aromatic heterocycles. The van der Waals surface area contributed by atoms with Crippen LogP contribution in [0.15, 0.2) is 47.6 Å². The van der Waals surface area contributed by atoms with Gasteiger partial charge in [0.2, 0.25) is 5.88 Å². The molecule has 2 N–H and O–H groups in total. The van der Waals surface area contributed by atoms with Crippen LogP contribution in [0.5, 0.6) is 17.4 Å². The Morgan fingerprint density at radius 3 is 2.78 bits per heavy atom. The Morgan fingerprint density at radius 1 is 1.19 bits per heavy atom. The fourth-order valence-corrected chi connectivity index (χ4v) is 3.28. The highest BCUT2D eigenvalue weighted by Gasteiger charge is 2.14. The molecule has 3 rings (SSSR count). The van der Waals surface area contributed by atoms with Crippen molar-refractivity contribution in [3.63, 3.8) is 0 Å². The van der Waals surface area contributed by atoms with Gasteiger partial charge in [0.05, 0.1) is 19.3 Å². The van der Waals surface area contributed by atoms with Gasteiger partial charge in [-0.25, -0.2) is 4.98 Å². The molecule has 2 aromatic rings. The first-order valence-electron chi connectivity index (χ1n) is 11.3.